The number of benzene rings is 3. The number of hydrogen-bond donors (Lipinski definition) is 2. The number of fused-ring (bicyclic) bond motifs is 3. The Morgan fingerprint density at radius 2 is 1.84 bits per heavy atom. The van der Waals surface area contributed by atoms with Gasteiger partial charge in [-0.2, -0.15) is 0 Å². The highest BCUT2D eigenvalue weighted by atomic mass is 32.2. The van der Waals surface area contributed by atoms with Crippen LogP contribution >= 0.6 is 0 Å². The standard InChI is InChI=1S/C26H26N2O3S/c1-17-9-11-19(12-10-17)28-32(29,30)21-13-14-25-24(16-21)22-7-4-8-23(22)26(27-25)18-5-3-6-20(15-18)31-2/h3-7,9-16,22-23,26-28H,8H2,1-2H3/t22-,23+,26+/m0/s1. The second-order valence-electron chi connectivity index (χ2n) is 8.47. The fourth-order valence-corrected chi connectivity index (χ4v) is 5.83. The monoisotopic (exact) mass is 446 g/mol. The second-order valence-corrected chi connectivity index (χ2v) is 10.2. The van der Waals surface area contributed by atoms with Crippen molar-refractivity contribution in [3.63, 3.8) is 0 Å². The van der Waals surface area contributed by atoms with Crippen molar-refractivity contribution in [2.75, 3.05) is 17.1 Å². The molecule has 3 aromatic carbocycles. The summed E-state index contributed by atoms with van der Waals surface area (Å²) < 4.78 is 34.2. The van der Waals surface area contributed by atoms with Crippen LogP contribution < -0.4 is 14.8 Å². The molecule has 1 aliphatic heterocycles. The van der Waals surface area contributed by atoms with E-state index in [1.165, 1.54) is 5.56 Å². The molecule has 3 aromatic rings. The highest BCUT2D eigenvalue weighted by Crippen LogP contribution is 2.50. The first-order chi connectivity index (χ1) is 15.4. The molecule has 0 bridgehead atoms. The molecular weight excluding hydrogens is 420 g/mol. The van der Waals surface area contributed by atoms with Gasteiger partial charge in [0.2, 0.25) is 0 Å². The molecule has 1 heterocycles. The van der Waals surface area contributed by atoms with Crippen LogP contribution in [0.1, 0.15) is 35.1 Å². The summed E-state index contributed by atoms with van der Waals surface area (Å²) in [5.74, 6) is 1.32. The first-order valence-electron chi connectivity index (χ1n) is 10.8. The average Bonchev–Trinajstić information content (AvgIpc) is 3.30. The number of allylic oxidation sites excluding steroid dienone is 2. The first kappa shape index (κ1) is 20.6. The summed E-state index contributed by atoms with van der Waals surface area (Å²) in [7, 11) is -2.01. The molecular formula is C26H26N2O3S. The molecule has 2 aliphatic rings. The Hall–Kier alpha value is -3.25. The van der Waals surface area contributed by atoms with E-state index in [2.05, 4.69) is 34.3 Å². The zero-order chi connectivity index (χ0) is 22.3. The summed E-state index contributed by atoms with van der Waals surface area (Å²) in [4.78, 5) is 0.275. The van der Waals surface area contributed by atoms with Crippen LogP contribution in [-0.4, -0.2) is 15.5 Å². The van der Waals surface area contributed by atoms with Crippen LogP contribution in [0.5, 0.6) is 5.75 Å². The summed E-state index contributed by atoms with van der Waals surface area (Å²) in [5.41, 5.74) is 4.81. The van der Waals surface area contributed by atoms with Crippen molar-refractivity contribution in [2.45, 2.75) is 30.2 Å². The lowest BCUT2D eigenvalue weighted by Crippen LogP contribution is -2.29. The Balaban J connectivity index is 1.48. The summed E-state index contributed by atoms with van der Waals surface area (Å²) in [6.07, 6.45) is 5.35. The zero-order valence-electron chi connectivity index (χ0n) is 18.1. The predicted octanol–water partition coefficient (Wildman–Crippen LogP) is 5.63. The van der Waals surface area contributed by atoms with Crippen LogP contribution in [0, 0.1) is 12.8 Å². The maximum absolute atomic E-state index is 13.1. The van der Waals surface area contributed by atoms with E-state index in [1.807, 2.05) is 43.3 Å². The highest BCUT2D eigenvalue weighted by Gasteiger charge is 2.38. The molecule has 0 spiro atoms. The Bertz CT molecular complexity index is 1280. The SMILES string of the molecule is COc1cccc([C@H]2Nc3ccc(S(=O)(=O)Nc4ccc(C)cc4)cc3[C@H]3C=CC[C@H]32)c1. The maximum atomic E-state index is 13.1. The van der Waals surface area contributed by atoms with Crippen molar-refractivity contribution in [3.05, 3.63) is 95.6 Å². The van der Waals surface area contributed by atoms with E-state index in [0.29, 0.717) is 11.6 Å². The largest absolute Gasteiger partial charge is 0.497 e. The maximum Gasteiger partial charge on any atom is 0.261 e. The molecule has 164 valence electrons. The average molecular weight is 447 g/mol. The van der Waals surface area contributed by atoms with E-state index in [9.17, 15) is 8.42 Å². The van der Waals surface area contributed by atoms with Crippen molar-refractivity contribution in [2.24, 2.45) is 5.92 Å². The Labute approximate surface area is 189 Å². The van der Waals surface area contributed by atoms with Crippen molar-refractivity contribution in [1.82, 2.24) is 0 Å². The lowest BCUT2D eigenvalue weighted by Gasteiger charge is -2.37. The van der Waals surface area contributed by atoms with Crippen LogP contribution in [0.25, 0.3) is 0 Å². The number of ether oxygens (including phenoxy) is 1. The van der Waals surface area contributed by atoms with Crippen LogP contribution in [-0.2, 0) is 10.0 Å². The number of hydrogen-bond acceptors (Lipinski definition) is 4. The number of rotatable bonds is 5. The van der Waals surface area contributed by atoms with Crippen LogP contribution in [0.15, 0.2) is 83.8 Å². The first-order valence-corrected chi connectivity index (χ1v) is 12.2. The number of sulfonamides is 1. The minimum Gasteiger partial charge on any atom is -0.497 e. The second kappa shape index (κ2) is 8.02. The van der Waals surface area contributed by atoms with Gasteiger partial charge in [-0.1, -0.05) is 42.0 Å². The topological polar surface area (TPSA) is 67.4 Å². The summed E-state index contributed by atoms with van der Waals surface area (Å²) in [6, 6.07) is 21.0. The minimum atomic E-state index is -3.68. The Kier molecular flexibility index (Phi) is 5.18. The van der Waals surface area contributed by atoms with E-state index in [1.54, 1.807) is 25.3 Å². The van der Waals surface area contributed by atoms with E-state index >= 15 is 0 Å². The normalized spacial score (nSPS) is 21.4. The highest BCUT2D eigenvalue weighted by molar-refractivity contribution is 7.92. The van der Waals surface area contributed by atoms with Gasteiger partial charge in [0.25, 0.3) is 10.0 Å². The molecule has 0 amide bonds. The predicted molar refractivity (Wildman–Crippen MR) is 128 cm³/mol. The fourth-order valence-electron chi connectivity index (χ4n) is 4.74. The van der Waals surface area contributed by atoms with Gasteiger partial charge in [-0.25, -0.2) is 8.42 Å². The third-order valence-corrected chi connectivity index (χ3v) is 7.78. The molecule has 0 fully saturated rings. The number of methoxy groups -OCH3 is 1. The van der Waals surface area contributed by atoms with Gasteiger partial charge in [0.05, 0.1) is 18.0 Å². The Morgan fingerprint density at radius 3 is 2.62 bits per heavy atom. The smallest absolute Gasteiger partial charge is 0.261 e. The fraction of sp³-hybridized carbons (Fsp3) is 0.231. The molecule has 0 saturated carbocycles. The molecule has 0 aromatic heterocycles. The molecule has 0 radical (unpaired) electrons. The van der Waals surface area contributed by atoms with Gasteiger partial charge in [-0.05, 0) is 72.9 Å². The molecule has 6 heteroatoms. The van der Waals surface area contributed by atoms with Gasteiger partial charge < -0.3 is 10.1 Å². The van der Waals surface area contributed by atoms with E-state index in [4.69, 9.17) is 4.74 Å². The summed E-state index contributed by atoms with van der Waals surface area (Å²) >= 11 is 0. The lowest BCUT2D eigenvalue weighted by molar-refractivity contribution is 0.406. The van der Waals surface area contributed by atoms with Gasteiger partial charge in [0.15, 0.2) is 0 Å². The van der Waals surface area contributed by atoms with E-state index in [-0.39, 0.29) is 16.9 Å². The van der Waals surface area contributed by atoms with Gasteiger partial charge in [-0.15, -0.1) is 0 Å². The van der Waals surface area contributed by atoms with Crippen molar-refractivity contribution in [3.8, 4) is 5.75 Å². The molecule has 5 rings (SSSR count). The van der Waals surface area contributed by atoms with Gasteiger partial charge >= 0.3 is 0 Å². The number of aryl methyl sites for hydroxylation is 1. The Morgan fingerprint density at radius 1 is 1.03 bits per heavy atom. The molecule has 2 N–H and O–H groups in total. The molecule has 1 aliphatic carbocycles. The molecule has 5 nitrogen and oxygen atoms in total. The molecule has 0 saturated heterocycles. The number of anilines is 2. The van der Waals surface area contributed by atoms with Crippen LogP contribution in [0.3, 0.4) is 0 Å². The number of nitrogens with one attached hydrogen (secondary N) is 2. The zero-order valence-corrected chi connectivity index (χ0v) is 18.9. The van der Waals surface area contributed by atoms with E-state index in [0.717, 1.165) is 29.0 Å². The van der Waals surface area contributed by atoms with E-state index < -0.39 is 10.0 Å². The minimum absolute atomic E-state index is 0.130. The van der Waals surface area contributed by atoms with Crippen molar-refractivity contribution < 1.29 is 13.2 Å². The third kappa shape index (κ3) is 3.75. The summed E-state index contributed by atoms with van der Waals surface area (Å²) in [6.45, 7) is 1.97. The lowest BCUT2D eigenvalue weighted by atomic mass is 9.77. The molecule has 0 unspecified atom stereocenters. The van der Waals surface area contributed by atoms with Gasteiger partial charge in [-0.3, -0.25) is 4.72 Å². The summed E-state index contributed by atoms with van der Waals surface area (Å²) in [5, 5.41) is 3.66. The molecule has 32 heavy (non-hydrogen) atoms. The van der Waals surface area contributed by atoms with Crippen LogP contribution in [0.2, 0.25) is 0 Å². The van der Waals surface area contributed by atoms with Crippen molar-refractivity contribution >= 4 is 21.4 Å². The van der Waals surface area contributed by atoms with Gasteiger partial charge in [0, 0.05) is 17.3 Å². The van der Waals surface area contributed by atoms with Crippen LogP contribution in [0.4, 0.5) is 11.4 Å². The third-order valence-electron chi connectivity index (χ3n) is 6.40. The van der Waals surface area contributed by atoms with Crippen molar-refractivity contribution in [1.29, 1.82) is 0 Å². The van der Waals surface area contributed by atoms with Gasteiger partial charge in [0.1, 0.15) is 5.75 Å². The molecule has 3 atom stereocenters. The quantitative estimate of drug-likeness (QED) is 0.499.